The van der Waals surface area contributed by atoms with Crippen LogP contribution in [0.4, 0.5) is 0 Å². The van der Waals surface area contributed by atoms with Crippen LogP contribution in [-0.4, -0.2) is 35.9 Å². The molecule has 0 aliphatic carbocycles. The van der Waals surface area contributed by atoms with Gasteiger partial charge in [-0.25, -0.2) is 4.68 Å². The number of benzene rings is 2. The van der Waals surface area contributed by atoms with Gasteiger partial charge < -0.3 is 14.8 Å². The summed E-state index contributed by atoms with van der Waals surface area (Å²) in [5, 5.41) is 7.14. The van der Waals surface area contributed by atoms with E-state index in [1.54, 1.807) is 24.1 Å². The standard InChI is InChI=1S/C20H21N3O3/c1-25-18-8-5-9-19(13-18)26-11-10-21-20(24)12-16-14-22-23(15-16)17-6-3-2-4-7-17/h2-9,13-15H,10-12H2,1H3,(H,21,24). The summed E-state index contributed by atoms with van der Waals surface area (Å²) < 4.78 is 12.5. The molecular weight excluding hydrogens is 330 g/mol. The summed E-state index contributed by atoms with van der Waals surface area (Å²) in [7, 11) is 1.61. The minimum atomic E-state index is -0.0631. The van der Waals surface area contributed by atoms with Crippen molar-refractivity contribution in [2.75, 3.05) is 20.3 Å². The van der Waals surface area contributed by atoms with Gasteiger partial charge in [-0.1, -0.05) is 24.3 Å². The van der Waals surface area contributed by atoms with Crippen LogP contribution in [0.3, 0.4) is 0 Å². The lowest BCUT2D eigenvalue weighted by Gasteiger charge is -2.08. The number of hydrogen-bond donors (Lipinski definition) is 1. The number of hydrogen-bond acceptors (Lipinski definition) is 4. The van der Waals surface area contributed by atoms with Crippen molar-refractivity contribution in [2.24, 2.45) is 0 Å². The van der Waals surface area contributed by atoms with Crippen LogP contribution >= 0.6 is 0 Å². The van der Waals surface area contributed by atoms with Crippen LogP contribution in [0.5, 0.6) is 11.5 Å². The van der Waals surface area contributed by atoms with E-state index in [1.807, 2.05) is 54.7 Å². The maximum Gasteiger partial charge on any atom is 0.224 e. The molecule has 134 valence electrons. The number of nitrogens with one attached hydrogen (secondary N) is 1. The van der Waals surface area contributed by atoms with Crippen LogP contribution in [0, 0.1) is 0 Å². The Hall–Kier alpha value is -3.28. The number of carbonyl (C=O) groups excluding carboxylic acids is 1. The third-order valence-corrected chi connectivity index (χ3v) is 3.76. The van der Waals surface area contributed by atoms with E-state index in [4.69, 9.17) is 9.47 Å². The summed E-state index contributed by atoms with van der Waals surface area (Å²) in [6.07, 6.45) is 3.85. The van der Waals surface area contributed by atoms with E-state index in [1.165, 1.54) is 0 Å². The molecule has 1 heterocycles. The van der Waals surface area contributed by atoms with E-state index in [9.17, 15) is 4.79 Å². The van der Waals surface area contributed by atoms with E-state index < -0.39 is 0 Å². The van der Waals surface area contributed by atoms with Gasteiger partial charge in [-0.05, 0) is 29.8 Å². The molecule has 6 heteroatoms. The van der Waals surface area contributed by atoms with Gasteiger partial charge in [0, 0.05) is 12.3 Å². The molecule has 0 fully saturated rings. The monoisotopic (exact) mass is 351 g/mol. The Balaban J connectivity index is 1.42. The fourth-order valence-corrected chi connectivity index (χ4v) is 2.47. The van der Waals surface area contributed by atoms with Gasteiger partial charge >= 0.3 is 0 Å². The topological polar surface area (TPSA) is 65.4 Å². The van der Waals surface area contributed by atoms with E-state index >= 15 is 0 Å². The third kappa shape index (κ3) is 4.86. The lowest BCUT2D eigenvalue weighted by atomic mass is 10.2. The molecule has 3 rings (SSSR count). The largest absolute Gasteiger partial charge is 0.497 e. The number of rotatable bonds is 8. The Bertz CT molecular complexity index is 846. The first-order valence-corrected chi connectivity index (χ1v) is 8.37. The molecule has 0 bridgehead atoms. The predicted octanol–water partition coefficient (Wildman–Crippen LogP) is 2.62. The number of para-hydroxylation sites is 1. The molecule has 0 aliphatic rings. The summed E-state index contributed by atoms with van der Waals surface area (Å²) in [6.45, 7) is 0.824. The van der Waals surface area contributed by atoms with Crippen molar-refractivity contribution in [3.63, 3.8) is 0 Å². The smallest absolute Gasteiger partial charge is 0.224 e. The van der Waals surface area contributed by atoms with Gasteiger partial charge in [0.2, 0.25) is 5.91 Å². The van der Waals surface area contributed by atoms with Gasteiger partial charge in [0.15, 0.2) is 0 Å². The van der Waals surface area contributed by atoms with Gasteiger partial charge in [0.25, 0.3) is 0 Å². The number of nitrogens with zero attached hydrogens (tertiary/aromatic N) is 2. The van der Waals surface area contributed by atoms with Gasteiger partial charge in [-0.2, -0.15) is 5.10 Å². The first-order chi connectivity index (χ1) is 12.7. The average Bonchev–Trinajstić information content (AvgIpc) is 3.14. The highest BCUT2D eigenvalue weighted by molar-refractivity contribution is 5.78. The predicted molar refractivity (Wildman–Crippen MR) is 98.8 cm³/mol. The molecule has 0 radical (unpaired) electrons. The van der Waals surface area contributed by atoms with Gasteiger partial charge in [0.05, 0.1) is 32.0 Å². The Morgan fingerprint density at radius 1 is 1.12 bits per heavy atom. The van der Waals surface area contributed by atoms with Crippen molar-refractivity contribution in [3.8, 4) is 17.2 Å². The zero-order valence-electron chi connectivity index (χ0n) is 14.6. The maximum atomic E-state index is 12.0. The number of aromatic nitrogens is 2. The summed E-state index contributed by atoms with van der Waals surface area (Å²) >= 11 is 0. The fourth-order valence-electron chi connectivity index (χ4n) is 2.47. The summed E-state index contributed by atoms with van der Waals surface area (Å²) in [5.74, 6) is 1.39. The van der Waals surface area contributed by atoms with Crippen molar-refractivity contribution in [2.45, 2.75) is 6.42 Å². The van der Waals surface area contributed by atoms with Gasteiger partial charge in [0.1, 0.15) is 18.1 Å². The second kappa shape index (κ2) is 8.71. The normalized spacial score (nSPS) is 10.3. The summed E-state index contributed by atoms with van der Waals surface area (Å²) in [5.41, 5.74) is 1.82. The Labute approximate surface area is 152 Å². The van der Waals surface area contributed by atoms with Gasteiger partial charge in [-0.15, -0.1) is 0 Å². The molecule has 3 aromatic rings. The van der Waals surface area contributed by atoms with Crippen LogP contribution in [0.15, 0.2) is 67.0 Å². The highest BCUT2D eigenvalue weighted by atomic mass is 16.5. The lowest BCUT2D eigenvalue weighted by Crippen LogP contribution is -2.29. The molecule has 0 saturated carbocycles. The molecule has 0 saturated heterocycles. The SMILES string of the molecule is COc1cccc(OCCNC(=O)Cc2cnn(-c3ccccc3)c2)c1. The van der Waals surface area contributed by atoms with Crippen molar-refractivity contribution in [1.29, 1.82) is 0 Å². The average molecular weight is 351 g/mol. The molecule has 1 N–H and O–H groups in total. The number of carbonyl (C=O) groups is 1. The molecule has 1 aromatic heterocycles. The van der Waals surface area contributed by atoms with Gasteiger partial charge in [-0.3, -0.25) is 4.79 Å². The van der Waals surface area contributed by atoms with Crippen LogP contribution in [0.1, 0.15) is 5.56 Å². The van der Waals surface area contributed by atoms with Crippen molar-refractivity contribution in [1.82, 2.24) is 15.1 Å². The molecule has 26 heavy (non-hydrogen) atoms. The molecule has 0 spiro atoms. The van der Waals surface area contributed by atoms with E-state index in [2.05, 4.69) is 10.4 Å². The van der Waals surface area contributed by atoms with Crippen LogP contribution < -0.4 is 14.8 Å². The lowest BCUT2D eigenvalue weighted by molar-refractivity contribution is -0.120. The molecule has 0 unspecified atom stereocenters. The first kappa shape index (κ1) is 17.5. The quantitative estimate of drug-likeness (QED) is 0.634. The van der Waals surface area contributed by atoms with E-state index in [-0.39, 0.29) is 12.3 Å². The fraction of sp³-hybridized carbons (Fsp3) is 0.200. The van der Waals surface area contributed by atoms with E-state index in [0.717, 1.165) is 17.0 Å². The third-order valence-electron chi connectivity index (χ3n) is 3.76. The Morgan fingerprint density at radius 3 is 2.73 bits per heavy atom. The minimum Gasteiger partial charge on any atom is -0.497 e. The van der Waals surface area contributed by atoms with Crippen LogP contribution in [-0.2, 0) is 11.2 Å². The van der Waals surface area contributed by atoms with E-state index in [0.29, 0.717) is 18.9 Å². The minimum absolute atomic E-state index is 0.0631. The molecule has 6 nitrogen and oxygen atoms in total. The zero-order chi connectivity index (χ0) is 18.2. The number of ether oxygens (including phenoxy) is 2. The molecule has 0 aliphatic heterocycles. The molecule has 1 amide bonds. The van der Waals surface area contributed by atoms with Crippen molar-refractivity contribution < 1.29 is 14.3 Å². The zero-order valence-corrected chi connectivity index (χ0v) is 14.6. The summed E-state index contributed by atoms with van der Waals surface area (Å²) in [4.78, 5) is 12.0. The molecule has 2 aromatic carbocycles. The van der Waals surface area contributed by atoms with Crippen LogP contribution in [0.2, 0.25) is 0 Å². The first-order valence-electron chi connectivity index (χ1n) is 8.37. The second-order valence-corrected chi connectivity index (χ2v) is 5.68. The number of amides is 1. The highest BCUT2D eigenvalue weighted by Crippen LogP contribution is 2.18. The molecule has 0 atom stereocenters. The number of methoxy groups -OCH3 is 1. The van der Waals surface area contributed by atoms with Crippen molar-refractivity contribution in [3.05, 3.63) is 72.6 Å². The highest BCUT2D eigenvalue weighted by Gasteiger charge is 2.06. The maximum absolute atomic E-state index is 12.0. The summed E-state index contributed by atoms with van der Waals surface area (Å²) in [6, 6.07) is 17.1. The Kier molecular flexibility index (Phi) is 5.88. The van der Waals surface area contributed by atoms with Crippen LogP contribution in [0.25, 0.3) is 5.69 Å². The second-order valence-electron chi connectivity index (χ2n) is 5.68. The van der Waals surface area contributed by atoms with Crippen molar-refractivity contribution >= 4 is 5.91 Å². The molecular formula is C20H21N3O3. The Morgan fingerprint density at radius 2 is 1.92 bits per heavy atom.